The molecule has 94 valence electrons. The van der Waals surface area contributed by atoms with Gasteiger partial charge < -0.3 is 9.84 Å². The van der Waals surface area contributed by atoms with E-state index in [1.807, 2.05) is 0 Å². The SMILES string of the molecule is O=C(Nc1cnoc1)c1ccccc1C(F)(F)F. The smallest absolute Gasteiger partial charge is 0.363 e. The van der Waals surface area contributed by atoms with Gasteiger partial charge in [0.15, 0.2) is 0 Å². The Hall–Kier alpha value is -2.31. The molecule has 18 heavy (non-hydrogen) atoms. The molecule has 0 saturated heterocycles. The van der Waals surface area contributed by atoms with Crippen molar-refractivity contribution in [1.82, 2.24) is 5.16 Å². The van der Waals surface area contributed by atoms with Gasteiger partial charge in [0.1, 0.15) is 12.0 Å². The summed E-state index contributed by atoms with van der Waals surface area (Å²) in [4.78, 5) is 11.7. The minimum absolute atomic E-state index is 0.192. The molecule has 1 heterocycles. The molecule has 0 aliphatic rings. The molecule has 0 spiro atoms. The normalized spacial score (nSPS) is 11.3. The minimum atomic E-state index is -4.58. The first-order valence-corrected chi connectivity index (χ1v) is 4.85. The lowest BCUT2D eigenvalue weighted by molar-refractivity contribution is -0.137. The Morgan fingerprint density at radius 1 is 1.28 bits per heavy atom. The number of hydrogen-bond donors (Lipinski definition) is 1. The number of amides is 1. The van der Waals surface area contributed by atoms with Crippen LogP contribution in [0.25, 0.3) is 0 Å². The summed E-state index contributed by atoms with van der Waals surface area (Å²) >= 11 is 0. The summed E-state index contributed by atoms with van der Waals surface area (Å²) in [5.74, 6) is -0.869. The average Bonchev–Trinajstić information content (AvgIpc) is 2.80. The highest BCUT2D eigenvalue weighted by Crippen LogP contribution is 2.32. The number of anilines is 1. The molecule has 2 rings (SSSR count). The zero-order valence-electron chi connectivity index (χ0n) is 8.86. The lowest BCUT2D eigenvalue weighted by Gasteiger charge is -2.11. The van der Waals surface area contributed by atoms with Crippen LogP contribution in [-0.4, -0.2) is 11.1 Å². The number of halogens is 3. The number of aromatic nitrogens is 1. The zero-order valence-corrected chi connectivity index (χ0v) is 8.86. The molecule has 1 aromatic carbocycles. The maximum absolute atomic E-state index is 12.7. The summed E-state index contributed by atoms with van der Waals surface area (Å²) in [6.45, 7) is 0. The van der Waals surface area contributed by atoms with E-state index in [-0.39, 0.29) is 5.69 Å². The summed E-state index contributed by atoms with van der Waals surface area (Å²) in [6, 6.07) is 4.53. The topological polar surface area (TPSA) is 55.1 Å². The molecular formula is C11H7F3N2O2. The first-order valence-electron chi connectivity index (χ1n) is 4.85. The molecule has 0 saturated carbocycles. The van der Waals surface area contributed by atoms with Crippen molar-refractivity contribution >= 4 is 11.6 Å². The third-order valence-corrected chi connectivity index (χ3v) is 2.17. The fourth-order valence-corrected chi connectivity index (χ4v) is 1.39. The summed E-state index contributed by atoms with van der Waals surface area (Å²) in [7, 11) is 0. The van der Waals surface area contributed by atoms with Crippen LogP contribution in [0.3, 0.4) is 0 Å². The summed E-state index contributed by atoms with van der Waals surface area (Å²) in [5.41, 5.74) is -1.25. The molecular weight excluding hydrogens is 249 g/mol. The third kappa shape index (κ3) is 2.50. The predicted molar refractivity (Wildman–Crippen MR) is 55.9 cm³/mol. The van der Waals surface area contributed by atoms with E-state index in [0.717, 1.165) is 18.4 Å². The number of carbonyl (C=O) groups excluding carboxylic acids is 1. The predicted octanol–water partition coefficient (Wildman–Crippen LogP) is 2.95. The van der Waals surface area contributed by atoms with Crippen molar-refractivity contribution in [3.05, 3.63) is 47.9 Å². The molecule has 4 nitrogen and oxygen atoms in total. The van der Waals surface area contributed by atoms with Crippen molar-refractivity contribution < 1.29 is 22.5 Å². The van der Waals surface area contributed by atoms with E-state index < -0.39 is 23.2 Å². The van der Waals surface area contributed by atoms with E-state index in [9.17, 15) is 18.0 Å². The van der Waals surface area contributed by atoms with Gasteiger partial charge in [-0.2, -0.15) is 13.2 Å². The monoisotopic (exact) mass is 256 g/mol. The minimum Gasteiger partial charge on any atom is -0.363 e. The maximum atomic E-state index is 12.7. The van der Waals surface area contributed by atoms with Crippen LogP contribution < -0.4 is 5.32 Å². The van der Waals surface area contributed by atoms with Crippen molar-refractivity contribution in [2.75, 3.05) is 5.32 Å². The van der Waals surface area contributed by atoms with Crippen LogP contribution in [0, 0.1) is 0 Å². The van der Waals surface area contributed by atoms with Gasteiger partial charge in [-0.3, -0.25) is 4.79 Å². The first kappa shape index (κ1) is 12.2. The summed E-state index contributed by atoms with van der Waals surface area (Å²) in [6.07, 6.45) is -2.27. The number of benzene rings is 1. The molecule has 1 aromatic heterocycles. The van der Waals surface area contributed by atoms with Gasteiger partial charge in [-0.05, 0) is 12.1 Å². The van der Waals surface area contributed by atoms with Crippen molar-refractivity contribution in [3.8, 4) is 0 Å². The van der Waals surface area contributed by atoms with E-state index >= 15 is 0 Å². The van der Waals surface area contributed by atoms with Crippen molar-refractivity contribution in [3.63, 3.8) is 0 Å². The molecule has 0 bridgehead atoms. The fraction of sp³-hybridized carbons (Fsp3) is 0.0909. The van der Waals surface area contributed by atoms with Crippen LogP contribution in [0.15, 0.2) is 41.2 Å². The molecule has 2 aromatic rings. The fourth-order valence-electron chi connectivity index (χ4n) is 1.39. The van der Waals surface area contributed by atoms with Gasteiger partial charge in [0, 0.05) is 0 Å². The van der Waals surface area contributed by atoms with E-state index in [2.05, 4.69) is 15.0 Å². The van der Waals surface area contributed by atoms with E-state index in [1.54, 1.807) is 0 Å². The molecule has 0 fully saturated rings. The lowest BCUT2D eigenvalue weighted by Crippen LogP contribution is -2.18. The molecule has 1 amide bonds. The number of hydrogen-bond acceptors (Lipinski definition) is 3. The molecule has 7 heteroatoms. The van der Waals surface area contributed by atoms with Gasteiger partial charge in [-0.1, -0.05) is 17.3 Å². The summed E-state index contributed by atoms with van der Waals surface area (Å²) in [5, 5.41) is 5.58. The zero-order chi connectivity index (χ0) is 13.2. The third-order valence-electron chi connectivity index (χ3n) is 2.17. The molecule has 0 aliphatic heterocycles. The highest BCUT2D eigenvalue weighted by molar-refractivity contribution is 6.05. The number of alkyl halides is 3. The standard InChI is InChI=1S/C11H7F3N2O2/c12-11(13,14)9-4-2-1-3-8(9)10(17)16-7-5-15-18-6-7/h1-6H,(H,16,17). The van der Waals surface area contributed by atoms with E-state index in [4.69, 9.17) is 0 Å². The first-order chi connectivity index (χ1) is 8.48. The molecule has 0 radical (unpaired) electrons. The van der Waals surface area contributed by atoms with Crippen molar-refractivity contribution in [1.29, 1.82) is 0 Å². The van der Waals surface area contributed by atoms with Crippen molar-refractivity contribution in [2.45, 2.75) is 6.18 Å². The Morgan fingerprint density at radius 2 is 2.00 bits per heavy atom. The van der Waals surface area contributed by atoms with E-state index in [0.29, 0.717) is 0 Å². The number of nitrogens with one attached hydrogen (secondary N) is 1. The second-order valence-electron chi connectivity index (χ2n) is 3.41. The van der Waals surface area contributed by atoms with Crippen LogP contribution in [0.1, 0.15) is 15.9 Å². The molecule has 1 N–H and O–H groups in total. The Bertz CT molecular complexity index is 550. The largest absolute Gasteiger partial charge is 0.417 e. The highest BCUT2D eigenvalue weighted by atomic mass is 19.4. The Morgan fingerprint density at radius 3 is 2.61 bits per heavy atom. The van der Waals surface area contributed by atoms with Gasteiger partial charge >= 0.3 is 6.18 Å². The van der Waals surface area contributed by atoms with Gasteiger partial charge in [-0.15, -0.1) is 0 Å². The highest BCUT2D eigenvalue weighted by Gasteiger charge is 2.34. The van der Waals surface area contributed by atoms with Crippen molar-refractivity contribution in [2.24, 2.45) is 0 Å². The maximum Gasteiger partial charge on any atom is 0.417 e. The number of carbonyl (C=O) groups is 1. The molecule has 0 aliphatic carbocycles. The molecule has 0 atom stereocenters. The second-order valence-corrected chi connectivity index (χ2v) is 3.41. The second kappa shape index (κ2) is 4.52. The van der Waals surface area contributed by atoms with Crippen LogP contribution in [0.2, 0.25) is 0 Å². The van der Waals surface area contributed by atoms with Crippen LogP contribution >= 0.6 is 0 Å². The van der Waals surface area contributed by atoms with Crippen LogP contribution in [0.4, 0.5) is 18.9 Å². The van der Waals surface area contributed by atoms with Crippen LogP contribution in [-0.2, 0) is 6.18 Å². The Balaban J connectivity index is 2.31. The number of nitrogens with zero attached hydrogens (tertiary/aromatic N) is 1. The lowest BCUT2D eigenvalue weighted by atomic mass is 10.1. The van der Waals surface area contributed by atoms with Crippen LogP contribution in [0.5, 0.6) is 0 Å². The average molecular weight is 256 g/mol. The Labute approximate surface area is 99.4 Å². The van der Waals surface area contributed by atoms with Gasteiger partial charge in [0.2, 0.25) is 0 Å². The van der Waals surface area contributed by atoms with Gasteiger partial charge in [0.25, 0.3) is 5.91 Å². The van der Waals surface area contributed by atoms with Gasteiger partial charge in [-0.25, -0.2) is 0 Å². The summed E-state index contributed by atoms with van der Waals surface area (Å²) < 4.78 is 42.5. The quantitative estimate of drug-likeness (QED) is 0.898. The Kier molecular flexibility index (Phi) is 3.05. The molecule has 0 unspecified atom stereocenters. The van der Waals surface area contributed by atoms with E-state index in [1.165, 1.54) is 18.3 Å². The van der Waals surface area contributed by atoms with Gasteiger partial charge in [0.05, 0.1) is 17.3 Å². The number of rotatable bonds is 2.